The van der Waals surface area contributed by atoms with E-state index in [1.807, 2.05) is 20.2 Å². The Morgan fingerprint density at radius 3 is 2.83 bits per heavy atom. The highest BCUT2D eigenvalue weighted by Gasteiger charge is 2.34. The third kappa shape index (κ3) is 2.87. The van der Waals surface area contributed by atoms with Crippen molar-refractivity contribution in [3.05, 3.63) is 24.2 Å². The van der Waals surface area contributed by atoms with Crippen molar-refractivity contribution >= 4 is 5.91 Å². The van der Waals surface area contributed by atoms with Crippen LogP contribution >= 0.6 is 0 Å². The van der Waals surface area contributed by atoms with E-state index in [9.17, 15) is 9.90 Å². The fraction of sp³-hybridized carbons (Fsp3) is 0.533. The molecule has 0 bridgehead atoms. The molecule has 1 aliphatic heterocycles. The Balaban J connectivity index is 1.95. The van der Waals surface area contributed by atoms with Crippen LogP contribution in [0.3, 0.4) is 0 Å². The quantitative estimate of drug-likeness (QED) is 0.866. The molecular formula is C15H21N5O3. The molecule has 2 aromatic heterocycles. The number of hydrogen-bond acceptors (Lipinski definition) is 5. The third-order valence-electron chi connectivity index (χ3n) is 4.13. The average Bonchev–Trinajstić information content (AvgIpc) is 3.24. The second-order valence-electron chi connectivity index (χ2n) is 5.74. The zero-order chi connectivity index (χ0) is 16.6. The first-order valence-corrected chi connectivity index (χ1v) is 7.60. The van der Waals surface area contributed by atoms with Crippen molar-refractivity contribution < 1.29 is 14.6 Å². The summed E-state index contributed by atoms with van der Waals surface area (Å²) in [7, 11) is 3.50. The highest BCUT2D eigenvalue weighted by molar-refractivity contribution is 5.99. The Hall–Kier alpha value is -2.19. The molecule has 0 saturated carbocycles. The normalized spacial score (nSPS) is 20.9. The van der Waals surface area contributed by atoms with Gasteiger partial charge in [0.2, 0.25) is 0 Å². The fourth-order valence-electron chi connectivity index (χ4n) is 2.74. The van der Waals surface area contributed by atoms with Crippen LogP contribution < -0.4 is 0 Å². The van der Waals surface area contributed by atoms with E-state index in [1.165, 1.54) is 4.90 Å². The van der Waals surface area contributed by atoms with Gasteiger partial charge in [-0.05, 0) is 6.92 Å². The number of aryl methyl sites for hydroxylation is 2. The first kappa shape index (κ1) is 15.7. The van der Waals surface area contributed by atoms with Crippen LogP contribution in [0.15, 0.2) is 18.6 Å². The van der Waals surface area contributed by atoms with Gasteiger partial charge in [-0.15, -0.1) is 0 Å². The summed E-state index contributed by atoms with van der Waals surface area (Å²) in [4.78, 5) is 14.4. The second-order valence-corrected chi connectivity index (χ2v) is 5.74. The van der Waals surface area contributed by atoms with Gasteiger partial charge < -0.3 is 14.7 Å². The molecule has 124 valence electrons. The summed E-state index contributed by atoms with van der Waals surface area (Å²) in [6.45, 7) is 3.23. The lowest BCUT2D eigenvalue weighted by Crippen LogP contribution is -2.44. The van der Waals surface area contributed by atoms with Crippen LogP contribution in [0.25, 0.3) is 11.3 Å². The highest BCUT2D eigenvalue weighted by atomic mass is 16.5. The Labute approximate surface area is 134 Å². The minimum absolute atomic E-state index is 0.182. The molecule has 8 nitrogen and oxygen atoms in total. The number of rotatable bonds is 4. The molecule has 1 aliphatic rings. The van der Waals surface area contributed by atoms with Crippen LogP contribution in [0.4, 0.5) is 0 Å². The molecule has 1 N–H and O–H groups in total. The Morgan fingerprint density at radius 2 is 2.26 bits per heavy atom. The first-order chi connectivity index (χ1) is 11.0. The van der Waals surface area contributed by atoms with Gasteiger partial charge in [0.05, 0.1) is 37.1 Å². The Morgan fingerprint density at radius 1 is 1.48 bits per heavy atom. The van der Waals surface area contributed by atoms with Crippen molar-refractivity contribution in [2.45, 2.75) is 25.6 Å². The first-order valence-electron chi connectivity index (χ1n) is 7.60. The molecule has 2 aromatic rings. The van der Waals surface area contributed by atoms with Crippen molar-refractivity contribution in [1.82, 2.24) is 24.5 Å². The van der Waals surface area contributed by atoms with Crippen molar-refractivity contribution in [2.24, 2.45) is 7.05 Å². The van der Waals surface area contributed by atoms with Crippen LogP contribution in [-0.4, -0.2) is 67.9 Å². The second kappa shape index (κ2) is 6.13. The van der Waals surface area contributed by atoms with Crippen LogP contribution in [0.2, 0.25) is 0 Å². The van der Waals surface area contributed by atoms with Crippen LogP contribution in [0, 0.1) is 0 Å². The number of carbonyl (C=O) groups excluding carboxylic acids is 1. The third-order valence-corrected chi connectivity index (χ3v) is 4.13. The van der Waals surface area contributed by atoms with E-state index in [0.717, 1.165) is 5.56 Å². The summed E-state index contributed by atoms with van der Waals surface area (Å²) in [5.74, 6) is -0.182. The van der Waals surface area contributed by atoms with Gasteiger partial charge in [-0.3, -0.25) is 14.2 Å². The molecule has 23 heavy (non-hydrogen) atoms. The molecule has 1 saturated heterocycles. The number of likely N-dealkylation sites (N-methyl/N-ethyl adjacent to an activating group) is 1. The average molecular weight is 319 g/mol. The molecule has 8 heteroatoms. The minimum atomic E-state index is -0.660. The molecule has 1 amide bonds. The van der Waals surface area contributed by atoms with E-state index in [1.54, 1.807) is 28.8 Å². The topological polar surface area (TPSA) is 85.4 Å². The number of carbonyl (C=O) groups is 1. The molecule has 1 fully saturated rings. The lowest BCUT2D eigenvalue weighted by molar-refractivity contribution is 0.0582. The summed E-state index contributed by atoms with van der Waals surface area (Å²) in [6, 6.07) is -0.339. The predicted octanol–water partition coefficient (Wildman–Crippen LogP) is 0.135. The van der Waals surface area contributed by atoms with E-state index < -0.39 is 6.10 Å². The summed E-state index contributed by atoms with van der Waals surface area (Å²) in [5.41, 5.74) is 1.89. The van der Waals surface area contributed by atoms with Gasteiger partial charge in [0.25, 0.3) is 5.91 Å². The van der Waals surface area contributed by atoms with Crippen LogP contribution in [0.1, 0.15) is 17.3 Å². The molecule has 0 aliphatic carbocycles. The van der Waals surface area contributed by atoms with Crippen LogP contribution in [0.5, 0.6) is 0 Å². The summed E-state index contributed by atoms with van der Waals surface area (Å²) >= 11 is 0. The minimum Gasteiger partial charge on any atom is -0.388 e. The number of ether oxygens (including phenoxy) is 1. The summed E-state index contributed by atoms with van der Waals surface area (Å²) in [6.07, 6.45) is 4.59. The number of aliphatic hydroxyl groups is 1. The van der Waals surface area contributed by atoms with Crippen molar-refractivity contribution in [1.29, 1.82) is 0 Å². The van der Waals surface area contributed by atoms with Gasteiger partial charge in [-0.25, -0.2) is 0 Å². The monoisotopic (exact) mass is 319 g/mol. The Kier molecular flexibility index (Phi) is 4.18. The van der Waals surface area contributed by atoms with Gasteiger partial charge >= 0.3 is 0 Å². The van der Waals surface area contributed by atoms with E-state index in [-0.39, 0.29) is 18.6 Å². The zero-order valence-electron chi connectivity index (χ0n) is 13.5. The number of aliphatic hydroxyl groups excluding tert-OH is 1. The number of nitrogens with zero attached hydrogens (tertiary/aromatic N) is 5. The van der Waals surface area contributed by atoms with E-state index in [0.29, 0.717) is 24.4 Å². The maximum absolute atomic E-state index is 12.9. The molecular weight excluding hydrogens is 298 g/mol. The van der Waals surface area contributed by atoms with Gasteiger partial charge in [0, 0.05) is 38.6 Å². The maximum atomic E-state index is 12.9. The maximum Gasteiger partial charge on any atom is 0.257 e. The standard InChI is InChI=1S/C15H21N5O3/c1-4-20-7-11(14(17-20)10-5-16-18(2)6-10)15(22)19(3)12-8-23-9-13(12)21/h5-7,12-13,21H,4,8-9H2,1-3H3/t12-,13-/m1/s1. The molecule has 0 spiro atoms. The highest BCUT2D eigenvalue weighted by Crippen LogP contribution is 2.24. The van der Waals surface area contributed by atoms with Crippen molar-refractivity contribution in [3.63, 3.8) is 0 Å². The molecule has 3 rings (SSSR count). The SMILES string of the molecule is CCn1cc(C(=O)N(C)[C@@H]2COC[C@H]2O)c(-c2cnn(C)c2)n1. The van der Waals surface area contributed by atoms with Crippen molar-refractivity contribution in [3.8, 4) is 11.3 Å². The molecule has 0 aromatic carbocycles. The summed E-state index contributed by atoms with van der Waals surface area (Å²) < 4.78 is 8.64. The smallest absolute Gasteiger partial charge is 0.257 e. The molecule has 0 unspecified atom stereocenters. The molecule has 0 radical (unpaired) electrons. The van der Waals surface area contributed by atoms with E-state index >= 15 is 0 Å². The zero-order valence-corrected chi connectivity index (χ0v) is 13.5. The Bertz CT molecular complexity index is 708. The lowest BCUT2D eigenvalue weighted by atomic mass is 10.1. The van der Waals surface area contributed by atoms with Crippen molar-refractivity contribution in [2.75, 3.05) is 20.3 Å². The number of hydrogen-bond donors (Lipinski definition) is 1. The number of aromatic nitrogens is 4. The van der Waals surface area contributed by atoms with Crippen LogP contribution in [-0.2, 0) is 18.3 Å². The largest absolute Gasteiger partial charge is 0.388 e. The van der Waals surface area contributed by atoms with Gasteiger partial charge in [-0.2, -0.15) is 10.2 Å². The van der Waals surface area contributed by atoms with E-state index in [4.69, 9.17) is 4.74 Å². The van der Waals surface area contributed by atoms with E-state index in [2.05, 4.69) is 10.2 Å². The lowest BCUT2D eigenvalue weighted by Gasteiger charge is -2.25. The number of amides is 1. The molecule has 3 heterocycles. The molecule has 2 atom stereocenters. The summed E-state index contributed by atoms with van der Waals surface area (Å²) in [5, 5.41) is 18.6. The predicted molar refractivity (Wildman–Crippen MR) is 82.8 cm³/mol. The van der Waals surface area contributed by atoms with Gasteiger partial charge in [0.1, 0.15) is 5.69 Å². The fourth-order valence-corrected chi connectivity index (χ4v) is 2.74. The van der Waals surface area contributed by atoms with Gasteiger partial charge in [-0.1, -0.05) is 0 Å². The van der Waals surface area contributed by atoms with Gasteiger partial charge in [0.15, 0.2) is 0 Å².